The summed E-state index contributed by atoms with van der Waals surface area (Å²) in [7, 11) is 0. The summed E-state index contributed by atoms with van der Waals surface area (Å²) in [6.07, 6.45) is 8.38. The maximum absolute atomic E-state index is 11.3. The van der Waals surface area contributed by atoms with Gasteiger partial charge in [0.15, 0.2) is 0 Å². The molecule has 0 saturated heterocycles. The predicted octanol–water partition coefficient (Wildman–Crippen LogP) is 1.97. The van der Waals surface area contributed by atoms with Crippen LogP contribution in [0.2, 0.25) is 0 Å². The molecule has 0 spiro atoms. The van der Waals surface area contributed by atoms with Gasteiger partial charge in [0.2, 0.25) is 5.91 Å². The zero-order valence-electron chi connectivity index (χ0n) is 10.2. The van der Waals surface area contributed by atoms with Crippen LogP contribution in [0.4, 0.5) is 0 Å². The highest BCUT2D eigenvalue weighted by Crippen LogP contribution is 2.24. The third kappa shape index (κ3) is 3.97. The number of rotatable bonds is 6. The number of nitrogens with one attached hydrogen (secondary N) is 1. The first-order valence-corrected chi connectivity index (χ1v) is 6.31. The molecule has 16 heavy (non-hydrogen) atoms. The molecule has 1 rings (SSSR count). The van der Waals surface area contributed by atoms with E-state index in [0.29, 0.717) is 6.04 Å². The van der Waals surface area contributed by atoms with Crippen LogP contribution in [0.5, 0.6) is 0 Å². The van der Waals surface area contributed by atoms with Crippen molar-refractivity contribution in [3.8, 4) is 0 Å². The highest BCUT2D eigenvalue weighted by Gasteiger charge is 2.29. The third-order valence-electron chi connectivity index (χ3n) is 3.43. The van der Waals surface area contributed by atoms with Crippen molar-refractivity contribution in [2.24, 2.45) is 11.7 Å². The van der Waals surface area contributed by atoms with E-state index >= 15 is 0 Å². The molecule has 3 heteroatoms. The van der Waals surface area contributed by atoms with E-state index in [2.05, 4.69) is 18.8 Å². The van der Waals surface area contributed by atoms with Crippen LogP contribution in [0, 0.1) is 5.92 Å². The molecule has 0 heterocycles. The largest absolute Gasteiger partial charge is 0.369 e. The van der Waals surface area contributed by atoms with Gasteiger partial charge in [-0.2, -0.15) is 0 Å². The van der Waals surface area contributed by atoms with Gasteiger partial charge in [-0.25, -0.2) is 0 Å². The lowest BCUT2D eigenvalue weighted by Gasteiger charge is -2.32. The molecule has 0 aromatic carbocycles. The van der Waals surface area contributed by atoms with Crippen LogP contribution in [0.1, 0.15) is 45.4 Å². The summed E-state index contributed by atoms with van der Waals surface area (Å²) in [5.41, 5.74) is 5.44. The van der Waals surface area contributed by atoms with Crippen LogP contribution in [-0.2, 0) is 4.79 Å². The van der Waals surface area contributed by atoms with Gasteiger partial charge in [0, 0.05) is 12.1 Å². The van der Waals surface area contributed by atoms with Gasteiger partial charge in [0.1, 0.15) is 0 Å². The molecule has 1 aliphatic carbocycles. The van der Waals surface area contributed by atoms with E-state index < -0.39 is 0 Å². The first-order valence-electron chi connectivity index (χ1n) is 6.31. The second-order valence-corrected chi connectivity index (χ2v) is 4.83. The van der Waals surface area contributed by atoms with E-state index in [-0.39, 0.29) is 17.9 Å². The van der Waals surface area contributed by atoms with E-state index in [1.807, 2.05) is 6.08 Å². The monoisotopic (exact) mass is 224 g/mol. The van der Waals surface area contributed by atoms with Gasteiger partial charge < -0.3 is 11.1 Å². The Morgan fingerprint density at radius 1 is 1.56 bits per heavy atom. The van der Waals surface area contributed by atoms with E-state index in [1.165, 1.54) is 6.42 Å². The number of allylic oxidation sites excluding steroid dienone is 1. The first-order chi connectivity index (χ1) is 7.65. The van der Waals surface area contributed by atoms with Gasteiger partial charge in [-0.05, 0) is 32.6 Å². The Kier molecular flexibility index (Phi) is 5.53. The first kappa shape index (κ1) is 13.2. The summed E-state index contributed by atoms with van der Waals surface area (Å²) in [6, 6.07) is 0.717. The van der Waals surface area contributed by atoms with Crippen molar-refractivity contribution in [2.75, 3.05) is 0 Å². The Labute approximate surface area is 98.5 Å². The van der Waals surface area contributed by atoms with Crippen molar-refractivity contribution >= 4 is 5.91 Å². The number of hydrogen-bond donors (Lipinski definition) is 2. The lowest BCUT2D eigenvalue weighted by atomic mass is 9.83. The van der Waals surface area contributed by atoms with E-state index in [1.54, 1.807) is 0 Å². The lowest BCUT2D eigenvalue weighted by Crippen LogP contribution is -2.47. The molecule has 1 amide bonds. The van der Waals surface area contributed by atoms with Crippen LogP contribution >= 0.6 is 0 Å². The summed E-state index contributed by atoms with van der Waals surface area (Å²) in [5.74, 6) is -0.118. The second kappa shape index (κ2) is 6.69. The fourth-order valence-electron chi connectivity index (χ4n) is 2.49. The van der Waals surface area contributed by atoms with Crippen molar-refractivity contribution in [3.05, 3.63) is 12.7 Å². The van der Waals surface area contributed by atoms with Crippen molar-refractivity contribution in [2.45, 2.75) is 57.5 Å². The fourth-order valence-corrected chi connectivity index (χ4v) is 2.49. The summed E-state index contributed by atoms with van der Waals surface area (Å²) in [4.78, 5) is 11.3. The quantitative estimate of drug-likeness (QED) is 0.678. The maximum atomic E-state index is 11.3. The molecular weight excluding hydrogens is 200 g/mol. The van der Waals surface area contributed by atoms with Gasteiger partial charge in [-0.3, -0.25) is 4.79 Å². The Balaban J connectivity index is 2.42. The molecule has 3 unspecified atom stereocenters. The van der Waals surface area contributed by atoms with E-state index in [4.69, 9.17) is 5.73 Å². The smallest absolute Gasteiger partial charge is 0.222 e. The topological polar surface area (TPSA) is 55.1 Å². The van der Waals surface area contributed by atoms with Crippen LogP contribution in [-0.4, -0.2) is 18.0 Å². The third-order valence-corrected chi connectivity index (χ3v) is 3.43. The molecule has 1 saturated carbocycles. The number of primary amides is 1. The van der Waals surface area contributed by atoms with E-state index in [9.17, 15) is 4.79 Å². The average molecular weight is 224 g/mol. The van der Waals surface area contributed by atoms with Crippen molar-refractivity contribution in [1.29, 1.82) is 0 Å². The standard InChI is InChI=1S/C13H24N2O/c1-3-4-7-10(2)15-12-9-6-5-8-11(12)13(14)16/h3,10-12,15H,1,4-9H2,2H3,(H2,14,16). The molecule has 0 aromatic rings. The lowest BCUT2D eigenvalue weighted by molar-refractivity contribution is -0.123. The Hall–Kier alpha value is -0.830. The summed E-state index contributed by atoms with van der Waals surface area (Å²) in [6.45, 7) is 5.88. The van der Waals surface area contributed by atoms with Crippen molar-refractivity contribution in [1.82, 2.24) is 5.32 Å². The van der Waals surface area contributed by atoms with Crippen LogP contribution in [0.15, 0.2) is 12.7 Å². The highest BCUT2D eigenvalue weighted by molar-refractivity contribution is 5.77. The zero-order valence-corrected chi connectivity index (χ0v) is 10.2. The Morgan fingerprint density at radius 3 is 2.88 bits per heavy atom. The summed E-state index contributed by atoms with van der Waals surface area (Å²) < 4.78 is 0. The second-order valence-electron chi connectivity index (χ2n) is 4.83. The van der Waals surface area contributed by atoms with E-state index in [0.717, 1.165) is 32.1 Å². The predicted molar refractivity (Wildman–Crippen MR) is 67.0 cm³/mol. The Bertz CT molecular complexity index is 240. The number of carbonyl (C=O) groups is 1. The maximum Gasteiger partial charge on any atom is 0.222 e. The molecule has 92 valence electrons. The SMILES string of the molecule is C=CCCC(C)NC1CCCCC1C(N)=O. The van der Waals surface area contributed by atoms with Gasteiger partial charge >= 0.3 is 0 Å². The molecule has 1 fully saturated rings. The average Bonchev–Trinajstić information content (AvgIpc) is 2.27. The highest BCUT2D eigenvalue weighted by atomic mass is 16.1. The zero-order chi connectivity index (χ0) is 12.0. The molecule has 3 nitrogen and oxygen atoms in total. The van der Waals surface area contributed by atoms with Crippen LogP contribution in [0.3, 0.4) is 0 Å². The number of carbonyl (C=O) groups excluding carboxylic acids is 1. The number of nitrogens with two attached hydrogens (primary N) is 1. The van der Waals surface area contributed by atoms with Gasteiger partial charge in [0.25, 0.3) is 0 Å². The van der Waals surface area contributed by atoms with Crippen LogP contribution in [0.25, 0.3) is 0 Å². The minimum Gasteiger partial charge on any atom is -0.369 e. The molecule has 3 N–H and O–H groups in total. The summed E-state index contributed by atoms with van der Waals surface area (Å²) >= 11 is 0. The molecule has 0 bridgehead atoms. The fraction of sp³-hybridized carbons (Fsp3) is 0.769. The molecule has 0 aromatic heterocycles. The molecule has 0 aliphatic heterocycles. The minimum atomic E-state index is -0.145. The van der Waals surface area contributed by atoms with Gasteiger partial charge in [0.05, 0.1) is 5.92 Å². The van der Waals surface area contributed by atoms with Crippen LogP contribution < -0.4 is 11.1 Å². The minimum absolute atomic E-state index is 0.0277. The van der Waals surface area contributed by atoms with Crippen molar-refractivity contribution < 1.29 is 4.79 Å². The molecule has 1 aliphatic rings. The molecule has 3 atom stereocenters. The Morgan fingerprint density at radius 2 is 2.25 bits per heavy atom. The number of hydrogen-bond acceptors (Lipinski definition) is 2. The summed E-state index contributed by atoms with van der Waals surface area (Å²) in [5, 5.41) is 3.54. The van der Waals surface area contributed by atoms with Gasteiger partial charge in [-0.1, -0.05) is 18.9 Å². The molecular formula is C13H24N2O. The number of amides is 1. The normalized spacial score (nSPS) is 27.3. The van der Waals surface area contributed by atoms with Gasteiger partial charge in [-0.15, -0.1) is 6.58 Å². The molecule has 0 radical (unpaired) electrons. The van der Waals surface area contributed by atoms with Crippen molar-refractivity contribution in [3.63, 3.8) is 0 Å².